The highest BCUT2D eigenvalue weighted by molar-refractivity contribution is 6.08. The van der Waals surface area contributed by atoms with Crippen molar-refractivity contribution < 1.29 is 0 Å². The second kappa shape index (κ2) is 3.89. The minimum Gasteiger partial charge on any atom is -0.248 e. The third-order valence-corrected chi connectivity index (χ3v) is 0.572. The van der Waals surface area contributed by atoms with Gasteiger partial charge in [-0.3, -0.25) is 0 Å². The van der Waals surface area contributed by atoms with Crippen LogP contribution in [0.1, 0.15) is 0 Å². The van der Waals surface area contributed by atoms with E-state index in [0.29, 0.717) is 5.71 Å². The largest absolute Gasteiger partial charge is 0.248 e. The number of rotatable bonds is 2. The molecule has 0 saturated carbocycles. The molecule has 0 saturated heterocycles. The highest BCUT2D eigenvalue weighted by atomic mass is 14.7. The summed E-state index contributed by atoms with van der Waals surface area (Å²) in [5.41, 5.74) is 0.514. The number of allylic oxidation sites excluding steroid dienone is 1. The lowest BCUT2D eigenvalue weighted by atomic mass is 10.4. The Morgan fingerprint density at radius 2 is 2.25 bits per heavy atom. The summed E-state index contributed by atoms with van der Waals surface area (Å²) >= 11 is 0. The van der Waals surface area contributed by atoms with E-state index in [1.807, 2.05) is 0 Å². The summed E-state index contributed by atoms with van der Waals surface area (Å²) < 4.78 is 0. The standard InChI is InChI=1S/C7H7N/c1-4-7(5-2)8-6-3/h1,5-6H,2-3H2. The van der Waals surface area contributed by atoms with Crippen LogP contribution >= 0.6 is 0 Å². The summed E-state index contributed by atoms with van der Waals surface area (Å²) in [5.74, 6) is 2.31. The van der Waals surface area contributed by atoms with Crippen molar-refractivity contribution in [2.75, 3.05) is 0 Å². The van der Waals surface area contributed by atoms with E-state index >= 15 is 0 Å². The molecule has 0 aliphatic carbocycles. The van der Waals surface area contributed by atoms with Crippen LogP contribution in [0.5, 0.6) is 0 Å². The van der Waals surface area contributed by atoms with Crippen molar-refractivity contribution in [1.82, 2.24) is 0 Å². The van der Waals surface area contributed by atoms with E-state index in [-0.39, 0.29) is 0 Å². The fraction of sp³-hybridized carbons (Fsp3) is 0. The number of terminal acetylenes is 1. The number of aliphatic imine (C=N–C) groups is 1. The van der Waals surface area contributed by atoms with Gasteiger partial charge in [-0.15, -0.1) is 6.42 Å². The normalized spacial score (nSPS) is 9.62. The van der Waals surface area contributed by atoms with Gasteiger partial charge in [0.2, 0.25) is 0 Å². The van der Waals surface area contributed by atoms with Crippen molar-refractivity contribution in [3.63, 3.8) is 0 Å². The molecule has 0 rings (SSSR count). The lowest BCUT2D eigenvalue weighted by molar-refractivity contribution is 1.61. The van der Waals surface area contributed by atoms with Gasteiger partial charge in [-0.05, 0) is 6.08 Å². The minimum atomic E-state index is 0.514. The Kier molecular flexibility index (Phi) is 3.26. The molecule has 0 bridgehead atoms. The summed E-state index contributed by atoms with van der Waals surface area (Å²) in [6.07, 6.45) is 7.86. The zero-order chi connectivity index (χ0) is 6.41. The Bertz CT molecular complexity index is 158. The van der Waals surface area contributed by atoms with Gasteiger partial charge in [0, 0.05) is 6.20 Å². The SMILES string of the molecule is C#CC(C=C)=NC=C. The van der Waals surface area contributed by atoms with E-state index in [2.05, 4.69) is 24.1 Å². The average molecular weight is 105 g/mol. The minimum absolute atomic E-state index is 0.514. The van der Waals surface area contributed by atoms with Gasteiger partial charge in [-0.2, -0.15) is 0 Å². The predicted octanol–water partition coefficient (Wildman–Crippen LogP) is 1.39. The lowest BCUT2D eigenvalue weighted by Gasteiger charge is -1.79. The highest BCUT2D eigenvalue weighted by Gasteiger charge is 1.76. The molecule has 1 nitrogen and oxygen atoms in total. The molecule has 0 amide bonds. The molecule has 0 heterocycles. The van der Waals surface area contributed by atoms with Gasteiger partial charge < -0.3 is 0 Å². The smallest absolute Gasteiger partial charge is 0.112 e. The quantitative estimate of drug-likeness (QED) is 0.371. The summed E-state index contributed by atoms with van der Waals surface area (Å²) in [6, 6.07) is 0. The maximum absolute atomic E-state index is 4.97. The third-order valence-electron chi connectivity index (χ3n) is 0.572. The summed E-state index contributed by atoms with van der Waals surface area (Å²) in [7, 11) is 0. The van der Waals surface area contributed by atoms with Crippen LogP contribution < -0.4 is 0 Å². The van der Waals surface area contributed by atoms with Crippen LogP contribution in [0.4, 0.5) is 0 Å². The first-order valence-corrected chi connectivity index (χ1v) is 2.13. The lowest BCUT2D eigenvalue weighted by Crippen LogP contribution is -1.82. The molecule has 1 heteroatoms. The van der Waals surface area contributed by atoms with E-state index in [9.17, 15) is 0 Å². The molecule has 0 radical (unpaired) electrons. The first kappa shape index (κ1) is 6.71. The van der Waals surface area contributed by atoms with Gasteiger partial charge >= 0.3 is 0 Å². The highest BCUT2D eigenvalue weighted by Crippen LogP contribution is 1.76. The molecule has 0 spiro atoms. The molecule has 0 N–H and O–H groups in total. The summed E-state index contributed by atoms with van der Waals surface area (Å²) in [5, 5.41) is 0. The molecule has 0 aliphatic heterocycles. The van der Waals surface area contributed by atoms with Crippen molar-refractivity contribution in [1.29, 1.82) is 0 Å². The molecule has 0 unspecified atom stereocenters. The summed E-state index contributed by atoms with van der Waals surface area (Å²) in [6.45, 7) is 6.79. The summed E-state index contributed by atoms with van der Waals surface area (Å²) in [4.78, 5) is 3.69. The van der Waals surface area contributed by atoms with Crippen LogP contribution in [0.25, 0.3) is 0 Å². The molecule has 40 valence electrons. The van der Waals surface area contributed by atoms with E-state index in [1.54, 1.807) is 0 Å². The van der Waals surface area contributed by atoms with Crippen molar-refractivity contribution in [3.8, 4) is 12.3 Å². The number of hydrogen-bond acceptors (Lipinski definition) is 1. The Labute approximate surface area is 49.4 Å². The van der Waals surface area contributed by atoms with Gasteiger partial charge in [-0.1, -0.05) is 19.1 Å². The second-order valence-corrected chi connectivity index (χ2v) is 1.05. The van der Waals surface area contributed by atoms with E-state index in [4.69, 9.17) is 6.42 Å². The van der Waals surface area contributed by atoms with Crippen molar-refractivity contribution in [2.24, 2.45) is 4.99 Å². The molecule has 0 aliphatic rings. The van der Waals surface area contributed by atoms with E-state index in [0.717, 1.165) is 0 Å². The van der Waals surface area contributed by atoms with Gasteiger partial charge in [0.05, 0.1) is 0 Å². The fourth-order valence-electron chi connectivity index (χ4n) is 0.247. The molecule has 8 heavy (non-hydrogen) atoms. The maximum atomic E-state index is 4.97. The topological polar surface area (TPSA) is 12.4 Å². The third kappa shape index (κ3) is 1.99. The average Bonchev–Trinajstić information content (AvgIpc) is 1.83. The van der Waals surface area contributed by atoms with Crippen molar-refractivity contribution >= 4 is 5.71 Å². The number of nitrogens with zero attached hydrogens (tertiary/aromatic N) is 1. The van der Waals surface area contributed by atoms with Crippen LogP contribution in [-0.2, 0) is 0 Å². The zero-order valence-electron chi connectivity index (χ0n) is 4.59. The van der Waals surface area contributed by atoms with Gasteiger partial charge in [0.15, 0.2) is 0 Å². The van der Waals surface area contributed by atoms with Gasteiger partial charge in [0.1, 0.15) is 5.71 Å². The first-order valence-electron chi connectivity index (χ1n) is 2.13. The molecule has 0 fully saturated rings. The van der Waals surface area contributed by atoms with Gasteiger partial charge in [0.25, 0.3) is 0 Å². The second-order valence-electron chi connectivity index (χ2n) is 1.05. The zero-order valence-corrected chi connectivity index (χ0v) is 4.59. The van der Waals surface area contributed by atoms with Crippen LogP contribution in [0.2, 0.25) is 0 Å². The molecule has 0 aromatic rings. The molecular formula is C7H7N. The monoisotopic (exact) mass is 105 g/mol. The van der Waals surface area contributed by atoms with Crippen LogP contribution in [0, 0.1) is 12.3 Å². The number of hydrogen-bond donors (Lipinski definition) is 0. The van der Waals surface area contributed by atoms with Crippen LogP contribution in [0.3, 0.4) is 0 Å². The van der Waals surface area contributed by atoms with Crippen molar-refractivity contribution in [2.45, 2.75) is 0 Å². The Morgan fingerprint density at radius 1 is 1.62 bits per heavy atom. The maximum Gasteiger partial charge on any atom is 0.112 e. The van der Waals surface area contributed by atoms with Gasteiger partial charge in [-0.25, -0.2) is 4.99 Å². The van der Waals surface area contributed by atoms with E-state index < -0.39 is 0 Å². The van der Waals surface area contributed by atoms with Crippen LogP contribution in [-0.4, -0.2) is 5.71 Å². The Hall–Kier alpha value is -1.29. The Balaban J connectivity index is 4.12. The fourth-order valence-corrected chi connectivity index (χ4v) is 0.247. The molecule has 0 aromatic heterocycles. The molecule has 0 atom stereocenters. The first-order chi connectivity index (χ1) is 3.85. The van der Waals surface area contributed by atoms with Crippen LogP contribution in [0.15, 0.2) is 30.4 Å². The molecule has 0 aromatic carbocycles. The molecular weight excluding hydrogens is 98.1 g/mol. The Morgan fingerprint density at radius 3 is 2.38 bits per heavy atom. The predicted molar refractivity (Wildman–Crippen MR) is 36.7 cm³/mol. The van der Waals surface area contributed by atoms with E-state index in [1.165, 1.54) is 12.3 Å². The van der Waals surface area contributed by atoms with Crippen molar-refractivity contribution in [3.05, 3.63) is 25.4 Å².